The summed E-state index contributed by atoms with van der Waals surface area (Å²) < 4.78 is 3.62. The zero-order valence-corrected chi connectivity index (χ0v) is 10.9. The second-order valence-electron chi connectivity index (χ2n) is 4.43. The van der Waals surface area contributed by atoms with E-state index in [0.717, 1.165) is 29.8 Å². The van der Waals surface area contributed by atoms with Gasteiger partial charge in [-0.2, -0.15) is 0 Å². The molecule has 0 amide bonds. The molecule has 1 heterocycles. The number of aromatic nitrogens is 2. The zero-order valence-electron chi connectivity index (χ0n) is 10.9. The number of hydrogen-bond donors (Lipinski definition) is 1. The molecule has 0 bridgehead atoms. The molecular weight excluding hydrogens is 226 g/mol. The lowest BCUT2D eigenvalue weighted by molar-refractivity contribution is 0.630. The summed E-state index contributed by atoms with van der Waals surface area (Å²) in [5.41, 5.74) is 8.36. The second-order valence-corrected chi connectivity index (χ2v) is 4.43. The minimum atomic E-state index is 0.0645. The Morgan fingerprint density at radius 1 is 1.22 bits per heavy atom. The van der Waals surface area contributed by atoms with Crippen LogP contribution in [0.15, 0.2) is 35.1 Å². The molecule has 0 saturated heterocycles. The van der Waals surface area contributed by atoms with Gasteiger partial charge in [0.1, 0.15) is 0 Å². The Kier molecular flexibility index (Phi) is 3.67. The summed E-state index contributed by atoms with van der Waals surface area (Å²) in [6.45, 7) is 2.59. The molecule has 2 rings (SSSR count). The van der Waals surface area contributed by atoms with Gasteiger partial charge in [0.2, 0.25) is 0 Å². The average molecular weight is 245 g/mol. The van der Waals surface area contributed by atoms with E-state index in [2.05, 4.69) is 0 Å². The van der Waals surface area contributed by atoms with E-state index in [1.54, 1.807) is 4.68 Å². The maximum atomic E-state index is 12.4. The first-order chi connectivity index (χ1) is 8.66. The van der Waals surface area contributed by atoms with Crippen LogP contribution in [0.2, 0.25) is 0 Å². The standard InChI is InChI=1S/C14H19N3O/c1-11-13(9-6-10-15)14(18)17(16(11)2)12-7-4-3-5-8-12/h3-5,7-8H,6,9-10,15H2,1-2H3. The van der Waals surface area contributed by atoms with Gasteiger partial charge in [-0.1, -0.05) is 18.2 Å². The van der Waals surface area contributed by atoms with Gasteiger partial charge >= 0.3 is 0 Å². The normalized spacial score (nSPS) is 10.8. The van der Waals surface area contributed by atoms with Crippen LogP contribution in [-0.4, -0.2) is 15.9 Å². The van der Waals surface area contributed by atoms with Crippen LogP contribution in [0.5, 0.6) is 0 Å². The molecule has 18 heavy (non-hydrogen) atoms. The summed E-state index contributed by atoms with van der Waals surface area (Å²) in [4.78, 5) is 12.4. The first-order valence-electron chi connectivity index (χ1n) is 6.19. The smallest absolute Gasteiger partial charge is 0.274 e. The molecule has 0 spiro atoms. The molecule has 4 nitrogen and oxygen atoms in total. The Morgan fingerprint density at radius 2 is 1.89 bits per heavy atom. The van der Waals surface area contributed by atoms with Crippen molar-refractivity contribution < 1.29 is 0 Å². The lowest BCUT2D eigenvalue weighted by Crippen LogP contribution is -2.21. The summed E-state index contributed by atoms with van der Waals surface area (Å²) in [5, 5.41) is 0. The highest BCUT2D eigenvalue weighted by Crippen LogP contribution is 2.11. The van der Waals surface area contributed by atoms with Crippen LogP contribution in [0, 0.1) is 6.92 Å². The molecule has 4 heteroatoms. The predicted octanol–water partition coefficient (Wildman–Crippen LogP) is 1.38. The quantitative estimate of drug-likeness (QED) is 0.884. The number of nitrogens with zero attached hydrogens (tertiary/aromatic N) is 2. The van der Waals surface area contributed by atoms with E-state index in [1.165, 1.54) is 0 Å². The summed E-state index contributed by atoms with van der Waals surface area (Å²) in [5.74, 6) is 0. The van der Waals surface area contributed by atoms with E-state index in [4.69, 9.17) is 5.73 Å². The molecule has 2 aromatic rings. The van der Waals surface area contributed by atoms with Crippen molar-refractivity contribution in [2.75, 3.05) is 6.54 Å². The fourth-order valence-electron chi connectivity index (χ4n) is 2.19. The number of hydrogen-bond acceptors (Lipinski definition) is 2. The summed E-state index contributed by atoms with van der Waals surface area (Å²) in [6, 6.07) is 9.69. The van der Waals surface area contributed by atoms with Gasteiger partial charge in [-0.15, -0.1) is 0 Å². The highest BCUT2D eigenvalue weighted by Gasteiger charge is 2.14. The van der Waals surface area contributed by atoms with Crippen LogP contribution in [-0.2, 0) is 13.5 Å². The van der Waals surface area contributed by atoms with Crippen LogP contribution in [0.25, 0.3) is 5.69 Å². The Bertz CT molecular complexity index is 581. The second kappa shape index (κ2) is 5.23. The molecule has 96 valence electrons. The van der Waals surface area contributed by atoms with Crippen LogP contribution in [0.3, 0.4) is 0 Å². The van der Waals surface area contributed by atoms with Crippen molar-refractivity contribution in [3.8, 4) is 5.69 Å². The van der Waals surface area contributed by atoms with Gasteiger partial charge in [-0.3, -0.25) is 9.48 Å². The highest BCUT2D eigenvalue weighted by atomic mass is 16.1. The van der Waals surface area contributed by atoms with E-state index in [1.807, 2.05) is 49.0 Å². The maximum Gasteiger partial charge on any atom is 0.274 e. The monoisotopic (exact) mass is 245 g/mol. The minimum absolute atomic E-state index is 0.0645. The van der Waals surface area contributed by atoms with E-state index in [9.17, 15) is 4.79 Å². The van der Waals surface area contributed by atoms with Crippen molar-refractivity contribution in [3.05, 3.63) is 51.9 Å². The van der Waals surface area contributed by atoms with Crippen molar-refractivity contribution in [1.29, 1.82) is 0 Å². The third-order valence-corrected chi connectivity index (χ3v) is 3.30. The van der Waals surface area contributed by atoms with Gasteiger partial charge < -0.3 is 5.73 Å². The maximum absolute atomic E-state index is 12.4. The van der Waals surface area contributed by atoms with Crippen molar-refractivity contribution in [3.63, 3.8) is 0 Å². The Hall–Kier alpha value is -1.81. The van der Waals surface area contributed by atoms with Gasteiger partial charge in [0.25, 0.3) is 5.56 Å². The predicted molar refractivity (Wildman–Crippen MR) is 73.1 cm³/mol. The minimum Gasteiger partial charge on any atom is -0.330 e. The van der Waals surface area contributed by atoms with Gasteiger partial charge in [0, 0.05) is 18.3 Å². The van der Waals surface area contributed by atoms with Crippen molar-refractivity contribution in [2.24, 2.45) is 12.8 Å². The van der Waals surface area contributed by atoms with Crippen molar-refractivity contribution >= 4 is 0 Å². The van der Waals surface area contributed by atoms with E-state index in [-0.39, 0.29) is 5.56 Å². The highest BCUT2D eigenvalue weighted by molar-refractivity contribution is 5.33. The topological polar surface area (TPSA) is 53.0 Å². The molecule has 0 radical (unpaired) electrons. The van der Waals surface area contributed by atoms with E-state index < -0.39 is 0 Å². The number of rotatable bonds is 4. The third-order valence-electron chi connectivity index (χ3n) is 3.30. The Morgan fingerprint density at radius 3 is 2.50 bits per heavy atom. The van der Waals surface area contributed by atoms with Crippen LogP contribution in [0.1, 0.15) is 17.7 Å². The largest absolute Gasteiger partial charge is 0.330 e. The Balaban J connectivity index is 2.53. The molecule has 0 aliphatic carbocycles. The summed E-state index contributed by atoms with van der Waals surface area (Å²) in [7, 11) is 1.91. The van der Waals surface area contributed by atoms with Crippen molar-refractivity contribution in [1.82, 2.24) is 9.36 Å². The van der Waals surface area contributed by atoms with Gasteiger partial charge in [0.15, 0.2) is 0 Å². The van der Waals surface area contributed by atoms with Gasteiger partial charge in [-0.05, 0) is 38.4 Å². The van der Waals surface area contributed by atoms with Gasteiger partial charge in [-0.25, -0.2) is 4.68 Å². The first-order valence-corrected chi connectivity index (χ1v) is 6.19. The molecular formula is C14H19N3O. The fraction of sp³-hybridized carbons (Fsp3) is 0.357. The Labute approximate surface area is 107 Å². The summed E-state index contributed by atoms with van der Waals surface area (Å²) >= 11 is 0. The van der Waals surface area contributed by atoms with E-state index >= 15 is 0 Å². The van der Waals surface area contributed by atoms with E-state index in [0.29, 0.717) is 6.54 Å². The molecule has 0 unspecified atom stereocenters. The molecule has 0 aliphatic rings. The molecule has 1 aromatic heterocycles. The molecule has 0 atom stereocenters. The summed E-state index contributed by atoms with van der Waals surface area (Å²) in [6.07, 6.45) is 1.59. The third kappa shape index (κ3) is 2.11. The van der Waals surface area contributed by atoms with Crippen LogP contribution in [0.4, 0.5) is 0 Å². The molecule has 0 saturated carbocycles. The molecule has 2 N–H and O–H groups in total. The lowest BCUT2D eigenvalue weighted by atomic mass is 10.1. The van der Waals surface area contributed by atoms with Gasteiger partial charge in [0.05, 0.1) is 5.69 Å². The van der Waals surface area contributed by atoms with Crippen molar-refractivity contribution in [2.45, 2.75) is 19.8 Å². The molecule has 0 fully saturated rings. The lowest BCUT2D eigenvalue weighted by Gasteiger charge is -2.07. The number of nitrogens with two attached hydrogens (primary N) is 1. The number of para-hydroxylation sites is 1. The van der Waals surface area contributed by atoms with Crippen LogP contribution < -0.4 is 11.3 Å². The van der Waals surface area contributed by atoms with Crippen LogP contribution >= 0.6 is 0 Å². The first kappa shape index (κ1) is 12.6. The SMILES string of the molecule is Cc1c(CCCN)c(=O)n(-c2ccccc2)n1C. The molecule has 1 aromatic carbocycles. The molecule has 0 aliphatic heterocycles. The zero-order chi connectivity index (χ0) is 13.1. The number of benzene rings is 1. The average Bonchev–Trinajstić information content (AvgIpc) is 2.60. The fourth-order valence-corrected chi connectivity index (χ4v) is 2.19.